The lowest BCUT2D eigenvalue weighted by Crippen LogP contribution is -2.30. The van der Waals surface area contributed by atoms with Crippen molar-refractivity contribution in [3.05, 3.63) is 34.9 Å². The molecule has 0 saturated heterocycles. The molecular formula is C9H8ClF3O. The van der Waals surface area contributed by atoms with Gasteiger partial charge in [-0.2, -0.15) is 13.2 Å². The number of aliphatic hydroxyl groups is 1. The third kappa shape index (κ3) is 3.20. The summed E-state index contributed by atoms with van der Waals surface area (Å²) in [5.41, 5.74) is 0.363. The van der Waals surface area contributed by atoms with Crippen LogP contribution in [0.5, 0.6) is 0 Å². The highest BCUT2D eigenvalue weighted by Crippen LogP contribution is 2.23. The zero-order chi connectivity index (χ0) is 10.8. The molecule has 1 N–H and O–H groups in total. The highest BCUT2D eigenvalue weighted by Gasteiger charge is 2.37. The molecule has 1 atom stereocenters. The molecule has 1 aromatic rings. The van der Waals surface area contributed by atoms with Gasteiger partial charge in [0.1, 0.15) is 0 Å². The van der Waals surface area contributed by atoms with Crippen molar-refractivity contribution < 1.29 is 18.3 Å². The smallest absolute Gasteiger partial charge is 0.383 e. The Labute approximate surface area is 84.1 Å². The van der Waals surface area contributed by atoms with Crippen LogP contribution in [-0.2, 0) is 6.42 Å². The number of benzene rings is 1. The summed E-state index contributed by atoms with van der Waals surface area (Å²) in [7, 11) is 0. The highest BCUT2D eigenvalue weighted by molar-refractivity contribution is 6.30. The maximum absolute atomic E-state index is 12.0. The van der Waals surface area contributed by atoms with Crippen LogP contribution in [-0.4, -0.2) is 17.4 Å². The van der Waals surface area contributed by atoms with Crippen molar-refractivity contribution in [2.24, 2.45) is 0 Å². The van der Waals surface area contributed by atoms with Crippen molar-refractivity contribution in [2.75, 3.05) is 0 Å². The van der Waals surface area contributed by atoms with Gasteiger partial charge in [-0.1, -0.05) is 23.7 Å². The molecule has 0 aliphatic heterocycles. The molecule has 0 unspecified atom stereocenters. The minimum absolute atomic E-state index is 0.358. The summed E-state index contributed by atoms with van der Waals surface area (Å²) in [5.74, 6) is 0. The largest absolute Gasteiger partial charge is 0.414 e. The van der Waals surface area contributed by atoms with E-state index in [1.54, 1.807) is 12.1 Å². The van der Waals surface area contributed by atoms with Crippen LogP contribution in [0.2, 0.25) is 5.02 Å². The first-order valence-electron chi connectivity index (χ1n) is 3.89. The maximum Gasteiger partial charge on any atom is 0.414 e. The summed E-state index contributed by atoms with van der Waals surface area (Å²) in [6.45, 7) is 0. The summed E-state index contributed by atoms with van der Waals surface area (Å²) in [6, 6.07) is 5.99. The summed E-state index contributed by atoms with van der Waals surface area (Å²) < 4.78 is 35.9. The van der Waals surface area contributed by atoms with E-state index in [0.717, 1.165) is 0 Å². The molecule has 0 aromatic heterocycles. The predicted octanol–water partition coefficient (Wildman–Crippen LogP) is 2.81. The monoisotopic (exact) mass is 224 g/mol. The Morgan fingerprint density at radius 2 is 2.00 bits per heavy atom. The topological polar surface area (TPSA) is 20.2 Å². The summed E-state index contributed by atoms with van der Waals surface area (Å²) in [4.78, 5) is 0. The molecule has 0 fully saturated rings. The van der Waals surface area contributed by atoms with Crippen LogP contribution in [0.1, 0.15) is 5.56 Å². The molecule has 0 amide bonds. The normalized spacial score (nSPS) is 14.1. The van der Waals surface area contributed by atoms with Crippen molar-refractivity contribution in [3.63, 3.8) is 0 Å². The van der Waals surface area contributed by atoms with Crippen LogP contribution in [0.3, 0.4) is 0 Å². The molecule has 0 bridgehead atoms. The van der Waals surface area contributed by atoms with E-state index in [4.69, 9.17) is 16.7 Å². The second-order valence-corrected chi connectivity index (χ2v) is 3.33. The first-order chi connectivity index (χ1) is 6.39. The Morgan fingerprint density at radius 1 is 1.36 bits per heavy atom. The van der Waals surface area contributed by atoms with E-state index < -0.39 is 18.7 Å². The van der Waals surface area contributed by atoms with E-state index in [2.05, 4.69) is 0 Å². The summed E-state index contributed by atoms with van der Waals surface area (Å²) in [6.07, 6.45) is -7.38. The lowest BCUT2D eigenvalue weighted by molar-refractivity contribution is -0.203. The second-order valence-electron chi connectivity index (χ2n) is 2.89. The minimum atomic E-state index is -4.58. The minimum Gasteiger partial charge on any atom is -0.383 e. The van der Waals surface area contributed by atoms with Gasteiger partial charge in [0.05, 0.1) is 0 Å². The molecule has 78 valence electrons. The lowest BCUT2D eigenvalue weighted by atomic mass is 10.1. The molecule has 14 heavy (non-hydrogen) atoms. The Balaban J connectivity index is 2.70. The van der Waals surface area contributed by atoms with E-state index in [9.17, 15) is 13.2 Å². The molecule has 0 radical (unpaired) electrons. The molecule has 0 aliphatic rings. The van der Waals surface area contributed by atoms with Crippen molar-refractivity contribution in [2.45, 2.75) is 18.7 Å². The molecule has 1 aromatic carbocycles. The van der Waals surface area contributed by atoms with E-state index in [0.29, 0.717) is 10.6 Å². The maximum atomic E-state index is 12.0. The summed E-state index contributed by atoms with van der Waals surface area (Å²) in [5, 5.41) is 9.12. The molecule has 0 saturated carbocycles. The van der Waals surface area contributed by atoms with Gasteiger partial charge in [-0.15, -0.1) is 0 Å². The molecule has 1 nitrogen and oxygen atoms in total. The zero-order valence-corrected chi connectivity index (χ0v) is 7.81. The Morgan fingerprint density at radius 3 is 2.50 bits per heavy atom. The number of rotatable bonds is 2. The van der Waals surface area contributed by atoms with E-state index >= 15 is 0 Å². The third-order valence-corrected chi connectivity index (χ3v) is 1.93. The van der Waals surface area contributed by atoms with Gasteiger partial charge in [0, 0.05) is 11.4 Å². The number of aliphatic hydroxyl groups excluding tert-OH is 1. The van der Waals surface area contributed by atoms with Crippen LogP contribution < -0.4 is 0 Å². The molecular weight excluding hydrogens is 217 g/mol. The van der Waals surface area contributed by atoms with Crippen molar-refractivity contribution in [1.82, 2.24) is 0 Å². The quantitative estimate of drug-likeness (QED) is 0.819. The Bertz CT molecular complexity index is 311. The fourth-order valence-corrected chi connectivity index (χ4v) is 1.22. The van der Waals surface area contributed by atoms with Gasteiger partial charge in [0.25, 0.3) is 0 Å². The van der Waals surface area contributed by atoms with Crippen molar-refractivity contribution in [3.8, 4) is 0 Å². The molecule has 0 spiro atoms. The molecule has 1 rings (SSSR count). The lowest BCUT2D eigenvalue weighted by Gasteiger charge is -2.14. The molecule has 0 heterocycles. The van der Waals surface area contributed by atoms with Crippen LogP contribution in [0.25, 0.3) is 0 Å². The van der Waals surface area contributed by atoms with Gasteiger partial charge in [-0.3, -0.25) is 0 Å². The van der Waals surface area contributed by atoms with Gasteiger partial charge < -0.3 is 5.11 Å². The fraction of sp³-hybridized carbons (Fsp3) is 0.333. The summed E-state index contributed by atoms with van der Waals surface area (Å²) >= 11 is 5.58. The van der Waals surface area contributed by atoms with Crippen LogP contribution in [0.15, 0.2) is 24.3 Å². The SMILES string of the molecule is O[C@H](Cc1cccc(Cl)c1)C(F)(F)F. The number of halogens is 4. The van der Waals surface area contributed by atoms with Gasteiger partial charge in [0.2, 0.25) is 0 Å². The van der Waals surface area contributed by atoms with E-state index in [-0.39, 0.29) is 0 Å². The number of alkyl halides is 3. The number of hydrogen-bond donors (Lipinski definition) is 1. The first-order valence-corrected chi connectivity index (χ1v) is 4.26. The van der Waals surface area contributed by atoms with Gasteiger partial charge in [0.15, 0.2) is 6.10 Å². The molecule has 0 aliphatic carbocycles. The van der Waals surface area contributed by atoms with Crippen LogP contribution >= 0.6 is 11.6 Å². The van der Waals surface area contributed by atoms with Crippen LogP contribution in [0, 0.1) is 0 Å². The Kier molecular flexibility index (Phi) is 3.39. The molecule has 5 heteroatoms. The van der Waals surface area contributed by atoms with Crippen molar-refractivity contribution in [1.29, 1.82) is 0 Å². The average molecular weight is 225 g/mol. The fourth-order valence-electron chi connectivity index (χ4n) is 1.00. The third-order valence-electron chi connectivity index (χ3n) is 1.70. The first kappa shape index (κ1) is 11.3. The Hall–Kier alpha value is -0.740. The zero-order valence-electron chi connectivity index (χ0n) is 7.05. The van der Waals surface area contributed by atoms with Crippen molar-refractivity contribution >= 4 is 11.6 Å². The van der Waals surface area contributed by atoms with Crippen LogP contribution in [0.4, 0.5) is 13.2 Å². The van der Waals surface area contributed by atoms with Gasteiger partial charge in [-0.05, 0) is 17.7 Å². The number of hydrogen-bond acceptors (Lipinski definition) is 1. The second kappa shape index (κ2) is 4.19. The van der Waals surface area contributed by atoms with Gasteiger partial charge in [-0.25, -0.2) is 0 Å². The van der Waals surface area contributed by atoms with E-state index in [1.165, 1.54) is 12.1 Å². The predicted molar refractivity (Wildman–Crippen MR) is 47.2 cm³/mol. The highest BCUT2D eigenvalue weighted by atomic mass is 35.5. The standard InChI is InChI=1S/C9H8ClF3O/c10-7-3-1-2-6(4-7)5-8(14)9(11,12)13/h1-4,8,14H,5H2/t8-/m1/s1. The average Bonchev–Trinajstić information content (AvgIpc) is 2.02. The van der Waals surface area contributed by atoms with Gasteiger partial charge >= 0.3 is 6.18 Å². The van der Waals surface area contributed by atoms with E-state index in [1.807, 2.05) is 0 Å².